The van der Waals surface area contributed by atoms with Gasteiger partial charge in [0, 0.05) is 10.1 Å². The second kappa shape index (κ2) is 8.13. The molecule has 0 bridgehead atoms. The number of carbonyl (C=O) groups excluding carboxylic acids is 1. The molecule has 21 heavy (non-hydrogen) atoms. The second-order valence-electron chi connectivity index (χ2n) is 5.86. The first kappa shape index (κ1) is 16.7. The molecule has 3 nitrogen and oxygen atoms in total. The zero-order chi connectivity index (χ0) is 15.2. The minimum Gasteiger partial charge on any atom is -0.376 e. The number of nitrogens with one attached hydrogen (secondary N) is 1. The normalized spacial score (nSPS) is 22.0. The van der Waals surface area contributed by atoms with E-state index in [1.165, 1.54) is 19.3 Å². The van der Waals surface area contributed by atoms with Crippen LogP contribution in [0.5, 0.6) is 0 Å². The number of rotatable bonds is 5. The van der Waals surface area contributed by atoms with Gasteiger partial charge in [-0.2, -0.15) is 0 Å². The molecule has 1 fully saturated rings. The van der Waals surface area contributed by atoms with Gasteiger partial charge in [-0.25, -0.2) is 0 Å². The first-order valence-electron chi connectivity index (χ1n) is 7.74. The van der Waals surface area contributed by atoms with E-state index in [0.717, 1.165) is 21.1 Å². The summed E-state index contributed by atoms with van der Waals surface area (Å²) in [6.07, 6.45) is 5.38. The van der Waals surface area contributed by atoms with Gasteiger partial charge < -0.3 is 10.1 Å². The van der Waals surface area contributed by atoms with E-state index in [-0.39, 0.29) is 5.91 Å². The third-order valence-electron chi connectivity index (χ3n) is 4.19. The summed E-state index contributed by atoms with van der Waals surface area (Å²) in [5.74, 6) is 0.635. The van der Waals surface area contributed by atoms with E-state index in [1.807, 2.05) is 25.1 Å². The molecule has 0 heterocycles. The van der Waals surface area contributed by atoms with Crippen LogP contribution in [0.15, 0.2) is 18.2 Å². The van der Waals surface area contributed by atoms with Gasteiger partial charge in [0.25, 0.3) is 5.91 Å². The minimum atomic E-state index is -0.0107. The molecule has 1 aliphatic rings. The number of hydrogen-bond donors (Lipinski definition) is 1. The van der Waals surface area contributed by atoms with Crippen LogP contribution in [0.1, 0.15) is 48.5 Å². The van der Waals surface area contributed by atoms with E-state index in [2.05, 4.69) is 34.8 Å². The zero-order valence-corrected chi connectivity index (χ0v) is 15.0. The molecule has 1 amide bonds. The molecule has 0 unspecified atom stereocenters. The summed E-state index contributed by atoms with van der Waals surface area (Å²) in [5.41, 5.74) is 1.89. The molecule has 1 aromatic carbocycles. The van der Waals surface area contributed by atoms with Crippen molar-refractivity contribution >= 4 is 28.5 Å². The average molecular weight is 401 g/mol. The molecule has 2 atom stereocenters. The Bertz CT molecular complexity index is 490. The monoisotopic (exact) mass is 401 g/mol. The van der Waals surface area contributed by atoms with Gasteiger partial charge in [0.1, 0.15) is 0 Å². The fourth-order valence-electron chi connectivity index (χ4n) is 2.82. The Kier molecular flexibility index (Phi) is 6.48. The second-order valence-corrected chi connectivity index (χ2v) is 6.94. The molecule has 1 N–H and O–H groups in total. The first-order chi connectivity index (χ1) is 10.1. The minimum absolute atomic E-state index is 0.0107. The number of ether oxygens (including phenoxy) is 1. The fourth-order valence-corrected chi connectivity index (χ4v) is 3.43. The van der Waals surface area contributed by atoms with Crippen LogP contribution in [-0.2, 0) is 4.74 Å². The van der Waals surface area contributed by atoms with Crippen molar-refractivity contribution in [3.63, 3.8) is 0 Å². The Labute approximate surface area is 141 Å². The maximum atomic E-state index is 12.2. The number of aryl methyl sites for hydroxylation is 1. The number of benzene rings is 1. The van der Waals surface area contributed by atoms with E-state index < -0.39 is 0 Å². The maximum absolute atomic E-state index is 12.2. The largest absolute Gasteiger partial charge is 0.376 e. The van der Waals surface area contributed by atoms with Crippen LogP contribution in [0.4, 0.5) is 0 Å². The summed E-state index contributed by atoms with van der Waals surface area (Å²) in [6, 6.07) is 5.81. The molecule has 4 heteroatoms. The lowest BCUT2D eigenvalue weighted by molar-refractivity contribution is -0.00294. The molecule has 1 saturated carbocycles. The van der Waals surface area contributed by atoms with Crippen LogP contribution in [0, 0.1) is 16.4 Å². The van der Waals surface area contributed by atoms with E-state index in [4.69, 9.17) is 4.74 Å². The predicted molar refractivity (Wildman–Crippen MR) is 93.6 cm³/mol. The lowest BCUT2D eigenvalue weighted by Gasteiger charge is -2.28. The smallest absolute Gasteiger partial charge is 0.252 e. The zero-order valence-electron chi connectivity index (χ0n) is 12.8. The van der Waals surface area contributed by atoms with Crippen molar-refractivity contribution in [1.82, 2.24) is 5.32 Å². The molecule has 1 aliphatic carbocycles. The van der Waals surface area contributed by atoms with Crippen LogP contribution in [-0.4, -0.2) is 25.2 Å². The van der Waals surface area contributed by atoms with Gasteiger partial charge in [-0.05, 0) is 59.9 Å². The van der Waals surface area contributed by atoms with Gasteiger partial charge >= 0.3 is 0 Å². The van der Waals surface area contributed by atoms with Gasteiger partial charge in [0.15, 0.2) is 0 Å². The average Bonchev–Trinajstić information content (AvgIpc) is 2.48. The van der Waals surface area contributed by atoms with Crippen LogP contribution in [0.3, 0.4) is 0 Å². The highest BCUT2D eigenvalue weighted by Crippen LogP contribution is 2.26. The molecule has 116 valence electrons. The van der Waals surface area contributed by atoms with E-state index in [0.29, 0.717) is 25.2 Å². The highest BCUT2D eigenvalue weighted by molar-refractivity contribution is 14.1. The third kappa shape index (κ3) is 4.68. The lowest BCUT2D eigenvalue weighted by Crippen LogP contribution is -2.32. The molecule has 0 radical (unpaired) electrons. The van der Waals surface area contributed by atoms with Crippen molar-refractivity contribution in [2.24, 2.45) is 5.92 Å². The molecule has 2 rings (SSSR count). The summed E-state index contributed by atoms with van der Waals surface area (Å²) in [7, 11) is 0. The molecule has 0 aliphatic heterocycles. The number of carbonyl (C=O) groups is 1. The van der Waals surface area contributed by atoms with Crippen molar-refractivity contribution in [3.8, 4) is 0 Å². The van der Waals surface area contributed by atoms with Crippen molar-refractivity contribution < 1.29 is 9.53 Å². The topological polar surface area (TPSA) is 38.3 Å². The van der Waals surface area contributed by atoms with E-state index in [1.54, 1.807) is 0 Å². The Balaban J connectivity index is 1.75. The van der Waals surface area contributed by atoms with Crippen LogP contribution < -0.4 is 5.32 Å². The lowest BCUT2D eigenvalue weighted by atomic mass is 9.88. The van der Waals surface area contributed by atoms with Gasteiger partial charge in [-0.15, -0.1) is 0 Å². The van der Waals surface area contributed by atoms with Gasteiger partial charge in [-0.3, -0.25) is 4.79 Å². The molecular formula is C17H24INO2. The summed E-state index contributed by atoms with van der Waals surface area (Å²) in [6.45, 7) is 5.46. The summed E-state index contributed by atoms with van der Waals surface area (Å²) >= 11 is 2.23. The van der Waals surface area contributed by atoms with Crippen molar-refractivity contribution in [2.75, 3.05) is 13.2 Å². The fraction of sp³-hybridized carbons (Fsp3) is 0.588. The van der Waals surface area contributed by atoms with Crippen molar-refractivity contribution in [2.45, 2.75) is 45.6 Å². The van der Waals surface area contributed by atoms with Gasteiger partial charge in [0.05, 0.1) is 18.3 Å². The maximum Gasteiger partial charge on any atom is 0.252 e. The van der Waals surface area contributed by atoms with Gasteiger partial charge in [-0.1, -0.05) is 31.9 Å². The van der Waals surface area contributed by atoms with E-state index >= 15 is 0 Å². The van der Waals surface area contributed by atoms with Crippen molar-refractivity contribution in [3.05, 3.63) is 32.9 Å². The van der Waals surface area contributed by atoms with Gasteiger partial charge in [0.2, 0.25) is 0 Å². The molecule has 0 aromatic heterocycles. The molecule has 0 saturated heterocycles. The quantitative estimate of drug-likeness (QED) is 0.600. The Morgan fingerprint density at radius 1 is 1.38 bits per heavy atom. The van der Waals surface area contributed by atoms with Crippen molar-refractivity contribution in [1.29, 1.82) is 0 Å². The summed E-state index contributed by atoms with van der Waals surface area (Å²) in [4.78, 5) is 12.2. The predicted octanol–water partition coefficient (Wildman–Crippen LogP) is 3.92. The molecule has 1 aromatic rings. The highest BCUT2D eigenvalue weighted by atomic mass is 127. The Morgan fingerprint density at radius 2 is 2.14 bits per heavy atom. The summed E-state index contributed by atoms with van der Waals surface area (Å²) < 4.78 is 6.94. The Hall–Kier alpha value is -0.620. The van der Waals surface area contributed by atoms with Crippen LogP contribution >= 0.6 is 22.6 Å². The standard InChI is InChI=1S/C17H24INO2/c1-12-6-3-4-9-15(12)21-11-10-19-17(20)14-8-5-7-13(2)16(14)18/h5,7-8,12,15H,3-4,6,9-11H2,1-2H3,(H,19,20)/t12-,15+/m0/s1. The highest BCUT2D eigenvalue weighted by Gasteiger charge is 2.21. The Morgan fingerprint density at radius 3 is 2.90 bits per heavy atom. The number of amides is 1. The first-order valence-corrected chi connectivity index (χ1v) is 8.82. The SMILES string of the molecule is Cc1cccc(C(=O)NCCO[C@@H]2CCCC[C@@H]2C)c1I. The molecular weight excluding hydrogens is 377 g/mol. The number of halogens is 1. The summed E-state index contributed by atoms with van der Waals surface area (Å²) in [5, 5.41) is 2.95. The third-order valence-corrected chi connectivity index (χ3v) is 5.62. The molecule has 0 spiro atoms. The van der Waals surface area contributed by atoms with E-state index in [9.17, 15) is 4.79 Å². The van der Waals surface area contributed by atoms with Crippen LogP contribution in [0.2, 0.25) is 0 Å². The van der Waals surface area contributed by atoms with Crippen LogP contribution in [0.25, 0.3) is 0 Å². The number of hydrogen-bond acceptors (Lipinski definition) is 2.